The number of nitrogens with one attached hydrogen (secondary N) is 2. The van der Waals surface area contributed by atoms with Crippen LogP contribution in [0.1, 0.15) is 24.0 Å². The summed E-state index contributed by atoms with van der Waals surface area (Å²) in [4.78, 5) is 51.9. The molecule has 2 aromatic carbocycles. The van der Waals surface area contributed by atoms with E-state index in [2.05, 4.69) is 10.6 Å². The van der Waals surface area contributed by atoms with E-state index in [-0.39, 0.29) is 30.0 Å². The number of amides is 3. The Labute approximate surface area is 235 Å². The second kappa shape index (κ2) is 12.4. The average molecular weight is 564 g/mol. The predicted octanol–water partition coefficient (Wildman–Crippen LogP) is 4.07. The molecule has 11 heteroatoms. The van der Waals surface area contributed by atoms with Crippen LogP contribution in [0.25, 0.3) is 6.08 Å². The van der Waals surface area contributed by atoms with Crippen LogP contribution in [0, 0.1) is 0 Å². The highest BCUT2D eigenvalue weighted by atomic mass is 35.5. The van der Waals surface area contributed by atoms with Crippen LogP contribution in [0.2, 0.25) is 5.02 Å². The molecule has 206 valence electrons. The molecule has 0 saturated carbocycles. The Balaban J connectivity index is 1.46. The maximum absolute atomic E-state index is 13.4. The third kappa shape index (κ3) is 6.41. The van der Waals surface area contributed by atoms with Crippen molar-refractivity contribution in [3.8, 4) is 5.75 Å². The fourth-order valence-corrected chi connectivity index (χ4v) is 4.23. The second-order valence-electron chi connectivity index (χ2n) is 8.70. The molecule has 3 amide bonds. The van der Waals surface area contributed by atoms with Gasteiger partial charge in [-0.2, -0.15) is 0 Å². The summed E-state index contributed by atoms with van der Waals surface area (Å²) in [5, 5.41) is 5.34. The molecule has 0 spiro atoms. The molecule has 0 atom stereocenters. The van der Waals surface area contributed by atoms with Crippen LogP contribution in [0.4, 0.5) is 5.69 Å². The number of nitrogens with zero attached hydrogens (tertiary/aromatic N) is 1. The molecule has 40 heavy (non-hydrogen) atoms. The number of methoxy groups -OCH3 is 2. The van der Waals surface area contributed by atoms with E-state index in [1.807, 2.05) is 12.1 Å². The number of esters is 1. The van der Waals surface area contributed by atoms with Gasteiger partial charge in [0.25, 0.3) is 5.91 Å². The number of anilines is 1. The number of hydrogen-bond acceptors (Lipinski definition) is 7. The minimum Gasteiger partial charge on any atom is -0.497 e. The zero-order valence-electron chi connectivity index (χ0n) is 21.9. The fraction of sp³-hybridized carbons (Fsp3) is 0.172. The number of hydrogen-bond donors (Lipinski definition) is 2. The topological polar surface area (TPSA) is 127 Å². The third-order valence-electron chi connectivity index (χ3n) is 6.08. The van der Waals surface area contributed by atoms with Crippen LogP contribution < -0.4 is 15.4 Å². The Bertz CT molecular complexity index is 1520. The van der Waals surface area contributed by atoms with E-state index in [0.29, 0.717) is 27.9 Å². The minimum absolute atomic E-state index is 0.0821. The summed E-state index contributed by atoms with van der Waals surface area (Å²) in [5.74, 6) is -1.49. The van der Waals surface area contributed by atoms with Crippen molar-refractivity contribution in [1.29, 1.82) is 0 Å². The molecule has 0 saturated heterocycles. The fourth-order valence-electron chi connectivity index (χ4n) is 4.04. The van der Waals surface area contributed by atoms with Crippen LogP contribution in [-0.4, -0.2) is 42.8 Å². The van der Waals surface area contributed by atoms with Crippen molar-refractivity contribution in [3.05, 3.63) is 99.6 Å². The van der Waals surface area contributed by atoms with E-state index in [4.69, 9.17) is 25.5 Å². The molecule has 0 bridgehead atoms. The van der Waals surface area contributed by atoms with Gasteiger partial charge in [0, 0.05) is 16.4 Å². The molecule has 1 aromatic heterocycles. The lowest BCUT2D eigenvalue weighted by Gasteiger charge is -2.18. The molecule has 10 nitrogen and oxygen atoms in total. The van der Waals surface area contributed by atoms with E-state index in [1.54, 1.807) is 56.5 Å². The van der Waals surface area contributed by atoms with Gasteiger partial charge in [-0.25, -0.2) is 4.79 Å². The Morgan fingerprint density at radius 1 is 1.02 bits per heavy atom. The zero-order valence-corrected chi connectivity index (χ0v) is 22.7. The van der Waals surface area contributed by atoms with Crippen molar-refractivity contribution in [2.75, 3.05) is 19.5 Å². The first-order valence-corrected chi connectivity index (χ1v) is 12.5. The number of ether oxygens (including phenoxy) is 2. The van der Waals surface area contributed by atoms with Gasteiger partial charge in [0.1, 0.15) is 17.3 Å². The third-order valence-corrected chi connectivity index (χ3v) is 6.32. The van der Waals surface area contributed by atoms with E-state index in [0.717, 1.165) is 5.56 Å². The summed E-state index contributed by atoms with van der Waals surface area (Å²) in [6.07, 6.45) is 1.45. The number of rotatable bonds is 8. The van der Waals surface area contributed by atoms with Crippen LogP contribution in [0.3, 0.4) is 0 Å². The van der Waals surface area contributed by atoms with Crippen molar-refractivity contribution in [3.63, 3.8) is 0 Å². The van der Waals surface area contributed by atoms with Crippen molar-refractivity contribution in [2.24, 2.45) is 0 Å². The summed E-state index contributed by atoms with van der Waals surface area (Å²) in [6.45, 7) is 1.83. The molecular formula is C29H26ClN3O7. The lowest BCUT2D eigenvalue weighted by atomic mass is 10.1. The van der Waals surface area contributed by atoms with E-state index < -0.39 is 23.7 Å². The van der Waals surface area contributed by atoms with Gasteiger partial charge >= 0.3 is 17.8 Å². The molecule has 0 fully saturated rings. The molecule has 2 heterocycles. The zero-order chi connectivity index (χ0) is 28.8. The number of halogens is 1. The van der Waals surface area contributed by atoms with Crippen LogP contribution in [0.15, 0.2) is 81.9 Å². The Kier molecular flexibility index (Phi) is 8.70. The van der Waals surface area contributed by atoms with Gasteiger partial charge in [0.05, 0.1) is 38.5 Å². The smallest absolute Gasteiger partial charge is 0.340 e. The minimum atomic E-state index is -0.872. The highest BCUT2D eigenvalue weighted by Gasteiger charge is 2.37. The highest BCUT2D eigenvalue weighted by molar-refractivity contribution is 6.39. The average Bonchev–Trinajstić information content (AvgIpc) is 3.49. The molecule has 1 aliphatic rings. The second-order valence-corrected chi connectivity index (χ2v) is 9.14. The van der Waals surface area contributed by atoms with E-state index >= 15 is 0 Å². The Morgan fingerprint density at radius 3 is 2.45 bits per heavy atom. The number of carbonyl (C=O) groups is 4. The highest BCUT2D eigenvalue weighted by Crippen LogP contribution is 2.33. The summed E-state index contributed by atoms with van der Waals surface area (Å²) in [7, 11) is 2.81. The van der Waals surface area contributed by atoms with Gasteiger partial charge in [-0.15, -0.1) is 0 Å². The molecule has 2 N–H and O–H groups in total. The van der Waals surface area contributed by atoms with Crippen molar-refractivity contribution in [1.82, 2.24) is 10.2 Å². The van der Waals surface area contributed by atoms with Gasteiger partial charge < -0.3 is 29.4 Å². The van der Waals surface area contributed by atoms with Crippen LogP contribution in [-0.2, 0) is 37.0 Å². The molecule has 1 aliphatic heterocycles. The number of furan rings is 1. The maximum Gasteiger partial charge on any atom is 0.340 e. The molecule has 0 aliphatic carbocycles. The number of carbonyl (C=O) groups excluding carboxylic acids is 4. The standard InChI is InChI=1S/C29H26ClN3O7/c1-17-25(29(37)39-3)24(28(36)33(17)16-18-7-9-21(38-2)10-8-18)14-22-11-12-23(40-22)15-31-26(34)27(35)32-20-6-4-5-19(30)13-20/h4-14H,15-16H2,1-3H3,(H,31,34)(H,32,35)/b24-14+. The van der Waals surface area contributed by atoms with Gasteiger partial charge in [-0.05, 0) is 61.0 Å². The molecule has 0 unspecified atom stereocenters. The maximum atomic E-state index is 13.4. The number of benzene rings is 2. The van der Waals surface area contributed by atoms with Crippen molar-refractivity contribution in [2.45, 2.75) is 20.0 Å². The normalized spacial score (nSPS) is 13.9. The quantitative estimate of drug-likeness (QED) is 0.240. The van der Waals surface area contributed by atoms with E-state index in [1.165, 1.54) is 24.2 Å². The summed E-state index contributed by atoms with van der Waals surface area (Å²) < 4.78 is 15.9. The predicted molar refractivity (Wildman–Crippen MR) is 147 cm³/mol. The summed E-state index contributed by atoms with van der Waals surface area (Å²) in [6, 6.07) is 16.8. The van der Waals surface area contributed by atoms with E-state index in [9.17, 15) is 19.2 Å². The van der Waals surface area contributed by atoms with Crippen LogP contribution in [0.5, 0.6) is 5.75 Å². The first kappa shape index (κ1) is 28.2. The van der Waals surface area contributed by atoms with Gasteiger partial charge in [-0.1, -0.05) is 29.8 Å². The first-order chi connectivity index (χ1) is 19.2. The molecule has 3 aromatic rings. The SMILES string of the molecule is COC(=O)C1=C(C)N(Cc2ccc(OC)cc2)C(=O)/C1=C/c1ccc(CNC(=O)C(=O)Nc2cccc(Cl)c2)o1. The van der Waals surface area contributed by atoms with Gasteiger partial charge in [0.15, 0.2) is 0 Å². The first-order valence-electron chi connectivity index (χ1n) is 12.1. The lowest BCUT2D eigenvalue weighted by Crippen LogP contribution is -2.34. The monoisotopic (exact) mass is 563 g/mol. The van der Waals surface area contributed by atoms with Gasteiger partial charge in [-0.3, -0.25) is 14.4 Å². The van der Waals surface area contributed by atoms with Crippen LogP contribution >= 0.6 is 11.6 Å². The molecule has 0 radical (unpaired) electrons. The summed E-state index contributed by atoms with van der Waals surface area (Å²) in [5.41, 5.74) is 1.92. The summed E-state index contributed by atoms with van der Waals surface area (Å²) >= 11 is 5.89. The Morgan fingerprint density at radius 2 is 1.77 bits per heavy atom. The van der Waals surface area contributed by atoms with Crippen molar-refractivity contribution >= 4 is 47.1 Å². The largest absolute Gasteiger partial charge is 0.497 e. The van der Waals surface area contributed by atoms with Crippen molar-refractivity contribution < 1.29 is 33.1 Å². The Hall–Kier alpha value is -4.83. The molecular weight excluding hydrogens is 538 g/mol. The number of allylic oxidation sites excluding steroid dienone is 1. The van der Waals surface area contributed by atoms with Gasteiger partial charge in [0.2, 0.25) is 0 Å². The molecule has 4 rings (SSSR count). The lowest BCUT2D eigenvalue weighted by molar-refractivity contribution is -0.136.